The van der Waals surface area contributed by atoms with E-state index < -0.39 is 6.10 Å². The van der Waals surface area contributed by atoms with Crippen molar-refractivity contribution in [2.75, 3.05) is 39.3 Å². The van der Waals surface area contributed by atoms with Gasteiger partial charge in [-0.3, -0.25) is 14.5 Å². The molecule has 2 atom stereocenters. The Morgan fingerprint density at radius 3 is 2.36 bits per heavy atom. The minimum atomic E-state index is -0.473. The van der Waals surface area contributed by atoms with Crippen molar-refractivity contribution >= 4 is 36.6 Å². The molecule has 0 bridgehead atoms. The first-order valence-corrected chi connectivity index (χ1v) is 9.33. The lowest BCUT2D eigenvalue weighted by Gasteiger charge is -2.34. The van der Waals surface area contributed by atoms with E-state index in [4.69, 9.17) is 10.5 Å². The van der Waals surface area contributed by atoms with Crippen molar-refractivity contribution < 1.29 is 14.3 Å². The van der Waals surface area contributed by atoms with Crippen LogP contribution in [-0.2, 0) is 20.9 Å². The molecule has 1 aromatic rings. The number of ether oxygens (including phenoxy) is 1. The Kier molecular flexibility index (Phi) is 10.8. The molecule has 0 saturated carbocycles. The molecule has 28 heavy (non-hydrogen) atoms. The fourth-order valence-electron chi connectivity index (χ4n) is 3.46. The van der Waals surface area contributed by atoms with Crippen molar-refractivity contribution in [1.29, 1.82) is 0 Å². The molecule has 3 rings (SSSR count). The zero-order valence-corrected chi connectivity index (χ0v) is 17.6. The van der Waals surface area contributed by atoms with Crippen LogP contribution in [0.2, 0.25) is 0 Å². The van der Waals surface area contributed by atoms with E-state index in [-0.39, 0.29) is 49.3 Å². The number of rotatable bonds is 6. The second kappa shape index (κ2) is 12.2. The van der Waals surface area contributed by atoms with Gasteiger partial charge in [0, 0.05) is 39.3 Å². The van der Waals surface area contributed by atoms with Gasteiger partial charge in [-0.1, -0.05) is 30.3 Å². The van der Waals surface area contributed by atoms with Crippen LogP contribution in [0.5, 0.6) is 0 Å². The molecule has 1 aromatic carbocycles. The van der Waals surface area contributed by atoms with Gasteiger partial charge < -0.3 is 20.7 Å². The summed E-state index contributed by atoms with van der Waals surface area (Å²) in [5.41, 5.74) is 6.84. The smallest absolute Gasteiger partial charge is 0.249 e. The van der Waals surface area contributed by atoms with Crippen LogP contribution in [0.4, 0.5) is 0 Å². The molecule has 2 heterocycles. The van der Waals surface area contributed by atoms with Crippen LogP contribution in [-0.4, -0.2) is 73.1 Å². The molecular weight excluding hydrogens is 403 g/mol. The van der Waals surface area contributed by atoms with E-state index in [1.54, 1.807) is 0 Å². The van der Waals surface area contributed by atoms with Crippen LogP contribution < -0.4 is 11.1 Å². The summed E-state index contributed by atoms with van der Waals surface area (Å²) in [7, 11) is 0. The predicted molar refractivity (Wildman–Crippen MR) is 113 cm³/mol. The topological polar surface area (TPSA) is 87.9 Å². The Bertz CT molecular complexity index is 612. The lowest BCUT2D eigenvalue weighted by Crippen LogP contribution is -2.51. The number of hydrogen-bond donors (Lipinski definition) is 2. The molecule has 0 radical (unpaired) electrons. The number of benzene rings is 1. The largest absolute Gasteiger partial charge is 0.364 e. The number of piperazine rings is 1. The molecule has 3 N–H and O–H groups in total. The normalized spacial score (nSPS) is 22.1. The number of halogens is 2. The Morgan fingerprint density at radius 1 is 1.07 bits per heavy atom. The number of carbonyl (C=O) groups excluding carboxylic acids is 2. The van der Waals surface area contributed by atoms with Crippen molar-refractivity contribution in [2.45, 2.75) is 31.6 Å². The summed E-state index contributed by atoms with van der Waals surface area (Å²) in [5, 5.41) is 2.71. The highest BCUT2D eigenvalue weighted by Crippen LogP contribution is 2.18. The molecule has 2 saturated heterocycles. The van der Waals surface area contributed by atoms with Crippen molar-refractivity contribution in [1.82, 2.24) is 15.1 Å². The summed E-state index contributed by atoms with van der Waals surface area (Å²) in [6, 6.07) is 10.3. The molecule has 0 aliphatic carbocycles. The monoisotopic (exact) mass is 432 g/mol. The minimum absolute atomic E-state index is 0. The fraction of sp³-hybridized carbons (Fsp3) is 0.579. The van der Waals surface area contributed by atoms with Crippen LogP contribution in [0, 0.1) is 0 Å². The number of carbonyl (C=O) groups is 2. The van der Waals surface area contributed by atoms with Gasteiger partial charge in [0.15, 0.2) is 0 Å². The van der Waals surface area contributed by atoms with Gasteiger partial charge in [0.25, 0.3) is 0 Å². The van der Waals surface area contributed by atoms with Gasteiger partial charge in [-0.25, -0.2) is 0 Å². The maximum Gasteiger partial charge on any atom is 0.249 e. The van der Waals surface area contributed by atoms with Crippen LogP contribution in [0.25, 0.3) is 0 Å². The molecule has 158 valence electrons. The summed E-state index contributed by atoms with van der Waals surface area (Å²) in [5.74, 6) is -0.247. The quantitative estimate of drug-likeness (QED) is 0.693. The van der Waals surface area contributed by atoms with Crippen molar-refractivity contribution in [2.24, 2.45) is 5.73 Å². The van der Waals surface area contributed by atoms with Gasteiger partial charge in [0.2, 0.25) is 11.8 Å². The van der Waals surface area contributed by atoms with Crippen LogP contribution in [0.1, 0.15) is 18.4 Å². The van der Waals surface area contributed by atoms with E-state index in [1.165, 1.54) is 5.56 Å². The van der Waals surface area contributed by atoms with Crippen LogP contribution in [0.15, 0.2) is 30.3 Å². The Labute approximate surface area is 178 Å². The van der Waals surface area contributed by atoms with E-state index in [0.717, 1.165) is 26.1 Å². The minimum Gasteiger partial charge on any atom is -0.364 e. The van der Waals surface area contributed by atoms with Gasteiger partial charge >= 0.3 is 0 Å². The summed E-state index contributed by atoms with van der Waals surface area (Å²) >= 11 is 0. The Hall–Kier alpha value is -1.38. The summed E-state index contributed by atoms with van der Waals surface area (Å²) in [6.45, 7) is 4.44. The van der Waals surface area contributed by atoms with Gasteiger partial charge in [-0.15, -0.1) is 24.8 Å². The molecule has 0 unspecified atom stereocenters. The zero-order chi connectivity index (χ0) is 18.4. The summed E-state index contributed by atoms with van der Waals surface area (Å²) < 4.78 is 5.55. The molecule has 0 aromatic heterocycles. The second-order valence-corrected chi connectivity index (χ2v) is 6.92. The summed E-state index contributed by atoms with van der Waals surface area (Å²) in [4.78, 5) is 28.6. The summed E-state index contributed by atoms with van der Waals surface area (Å²) in [6.07, 6.45) is 0.949. The van der Waals surface area contributed by atoms with E-state index in [2.05, 4.69) is 22.3 Å². The van der Waals surface area contributed by atoms with Crippen LogP contribution in [0.3, 0.4) is 0 Å². The van der Waals surface area contributed by atoms with Gasteiger partial charge in [-0.05, 0) is 18.4 Å². The highest BCUT2D eigenvalue weighted by molar-refractivity contribution is 5.87. The van der Waals surface area contributed by atoms with Crippen molar-refractivity contribution in [3.63, 3.8) is 0 Å². The number of amides is 2. The molecular formula is C19H30Cl2N4O3. The lowest BCUT2D eigenvalue weighted by atomic mass is 10.2. The highest BCUT2D eigenvalue weighted by atomic mass is 35.5. The number of nitrogens with zero attached hydrogens (tertiary/aromatic N) is 2. The van der Waals surface area contributed by atoms with Gasteiger partial charge in [-0.2, -0.15) is 0 Å². The van der Waals surface area contributed by atoms with Crippen LogP contribution >= 0.6 is 24.8 Å². The Morgan fingerprint density at radius 2 is 1.75 bits per heavy atom. The molecule has 2 fully saturated rings. The SMILES string of the molecule is Cl.Cl.NC[C@H]1CC[C@@H](C(=O)NCC(=O)N2CCN(Cc3ccccc3)CC2)O1. The molecule has 0 spiro atoms. The van der Waals surface area contributed by atoms with E-state index >= 15 is 0 Å². The van der Waals surface area contributed by atoms with E-state index in [9.17, 15) is 9.59 Å². The second-order valence-electron chi connectivity index (χ2n) is 6.92. The standard InChI is InChI=1S/C19H28N4O3.2ClH/c20-12-16-6-7-17(26-16)19(25)21-13-18(24)23-10-8-22(9-11-23)14-15-4-2-1-3-5-15;;/h1-5,16-17H,6-14,20H2,(H,21,25);2*1H/t16-,17+;;/m1../s1. The fourth-order valence-corrected chi connectivity index (χ4v) is 3.46. The number of nitrogens with one attached hydrogen (secondary N) is 1. The predicted octanol–water partition coefficient (Wildman–Crippen LogP) is 0.797. The zero-order valence-electron chi connectivity index (χ0n) is 15.9. The van der Waals surface area contributed by atoms with Crippen molar-refractivity contribution in [3.05, 3.63) is 35.9 Å². The van der Waals surface area contributed by atoms with Crippen molar-refractivity contribution in [3.8, 4) is 0 Å². The van der Waals surface area contributed by atoms with Gasteiger partial charge in [0.05, 0.1) is 12.6 Å². The third-order valence-corrected chi connectivity index (χ3v) is 5.05. The third kappa shape index (κ3) is 6.90. The highest BCUT2D eigenvalue weighted by Gasteiger charge is 2.30. The third-order valence-electron chi connectivity index (χ3n) is 5.05. The first-order chi connectivity index (χ1) is 12.7. The maximum absolute atomic E-state index is 12.3. The van der Waals surface area contributed by atoms with E-state index in [1.807, 2.05) is 23.1 Å². The number of hydrogen-bond acceptors (Lipinski definition) is 5. The molecule has 9 heteroatoms. The molecule has 2 aliphatic rings. The molecule has 7 nitrogen and oxygen atoms in total. The maximum atomic E-state index is 12.3. The molecule has 2 aliphatic heterocycles. The molecule has 2 amide bonds. The average molecular weight is 433 g/mol. The lowest BCUT2D eigenvalue weighted by molar-refractivity contribution is -0.137. The van der Waals surface area contributed by atoms with Gasteiger partial charge in [0.1, 0.15) is 6.10 Å². The first-order valence-electron chi connectivity index (χ1n) is 9.33. The first kappa shape index (κ1) is 24.7. The van der Waals surface area contributed by atoms with E-state index in [0.29, 0.717) is 26.1 Å². The Balaban J connectivity index is 0.00000196. The number of nitrogens with two attached hydrogens (primary N) is 1. The average Bonchev–Trinajstić information content (AvgIpc) is 3.17.